The summed E-state index contributed by atoms with van der Waals surface area (Å²) in [5.74, 6) is 0.907. The largest absolute Gasteiger partial charge is 0.354 e. The molecule has 29 heavy (non-hydrogen) atoms. The predicted molar refractivity (Wildman–Crippen MR) is 116 cm³/mol. The molecule has 0 spiro atoms. The molecule has 0 unspecified atom stereocenters. The number of hydrogen-bond acceptors (Lipinski definition) is 7. The number of nitrogens with zero attached hydrogens (tertiary/aromatic N) is 6. The molecule has 0 atom stereocenters. The Balaban J connectivity index is 1.58. The van der Waals surface area contributed by atoms with Gasteiger partial charge in [0, 0.05) is 25.7 Å². The monoisotopic (exact) mass is 407 g/mol. The van der Waals surface area contributed by atoms with Crippen molar-refractivity contribution in [3.05, 3.63) is 48.3 Å². The molecule has 0 aliphatic rings. The second-order valence-corrected chi connectivity index (χ2v) is 8.10. The highest BCUT2D eigenvalue weighted by Gasteiger charge is 2.14. The van der Waals surface area contributed by atoms with Gasteiger partial charge in [0.1, 0.15) is 17.8 Å². The van der Waals surface area contributed by atoms with Crippen LogP contribution in [0.25, 0.3) is 21.7 Å². The average Bonchev–Trinajstić information content (AvgIpc) is 3.34. The number of benzene rings is 1. The molecule has 9 heteroatoms. The Morgan fingerprint density at radius 1 is 1.17 bits per heavy atom. The minimum Gasteiger partial charge on any atom is -0.354 e. The third-order valence-electron chi connectivity index (χ3n) is 4.37. The van der Waals surface area contributed by atoms with Crippen molar-refractivity contribution < 1.29 is 4.79 Å². The number of aromatic nitrogens is 5. The maximum atomic E-state index is 12.8. The second kappa shape index (κ2) is 7.59. The molecule has 148 valence electrons. The van der Waals surface area contributed by atoms with Crippen molar-refractivity contribution in [1.82, 2.24) is 24.7 Å². The van der Waals surface area contributed by atoms with Gasteiger partial charge in [0.2, 0.25) is 0 Å². The van der Waals surface area contributed by atoms with E-state index in [1.54, 1.807) is 29.8 Å². The fraction of sp³-hybridized carbons (Fsp3) is 0.250. The maximum Gasteiger partial charge on any atom is 0.256 e. The summed E-state index contributed by atoms with van der Waals surface area (Å²) in [7, 11) is 3.90. The second-order valence-electron chi connectivity index (χ2n) is 7.09. The van der Waals surface area contributed by atoms with Crippen LogP contribution in [0, 0.1) is 0 Å². The molecule has 0 aliphatic heterocycles. The molecule has 0 saturated heterocycles. The Hall–Kier alpha value is -3.33. The summed E-state index contributed by atoms with van der Waals surface area (Å²) in [6.45, 7) is 4.10. The number of rotatable bonds is 5. The minimum atomic E-state index is -0.221. The molecule has 3 aromatic heterocycles. The van der Waals surface area contributed by atoms with Gasteiger partial charge >= 0.3 is 0 Å². The molecular formula is C20H21N7OS. The van der Waals surface area contributed by atoms with Gasteiger partial charge in [0.15, 0.2) is 11.0 Å². The van der Waals surface area contributed by atoms with Gasteiger partial charge in [-0.05, 0) is 44.2 Å². The van der Waals surface area contributed by atoms with E-state index in [9.17, 15) is 4.79 Å². The molecule has 0 radical (unpaired) electrons. The van der Waals surface area contributed by atoms with E-state index in [1.165, 1.54) is 0 Å². The third-order valence-corrected chi connectivity index (χ3v) is 5.56. The average molecular weight is 408 g/mol. The number of amides is 1. The molecule has 0 bridgehead atoms. The summed E-state index contributed by atoms with van der Waals surface area (Å²) in [4.78, 5) is 23.8. The number of thiazole rings is 1. The van der Waals surface area contributed by atoms with E-state index < -0.39 is 0 Å². The first kappa shape index (κ1) is 19.0. The van der Waals surface area contributed by atoms with Gasteiger partial charge in [0.25, 0.3) is 5.91 Å². The summed E-state index contributed by atoms with van der Waals surface area (Å²) in [6.07, 6.45) is 1.68. The fourth-order valence-corrected chi connectivity index (χ4v) is 3.79. The van der Waals surface area contributed by atoms with Crippen LogP contribution in [-0.4, -0.2) is 44.7 Å². The summed E-state index contributed by atoms with van der Waals surface area (Å²) in [5, 5.41) is 11.9. The molecular weight excluding hydrogens is 386 g/mol. The first-order valence-electron chi connectivity index (χ1n) is 9.18. The number of carbonyl (C=O) groups is 1. The third kappa shape index (κ3) is 3.81. The van der Waals surface area contributed by atoms with Gasteiger partial charge in [-0.2, -0.15) is 0 Å². The van der Waals surface area contributed by atoms with Crippen LogP contribution in [-0.2, 0) is 0 Å². The van der Waals surface area contributed by atoms with E-state index in [2.05, 4.69) is 39.3 Å². The Kier molecular flexibility index (Phi) is 4.98. The van der Waals surface area contributed by atoms with Crippen molar-refractivity contribution in [2.24, 2.45) is 0 Å². The number of anilines is 2. The quantitative estimate of drug-likeness (QED) is 0.541. The number of hydrogen-bond donors (Lipinski definition) is 1. The van der Waals surface area contributed by atoms with Crippen molar-refractivity contribution >= 4 is 38.4 Å². The van der Waals surface area contributed by atoms with E-state index in [1.807, 2.05) is 47.8 Å². The minimum absolute atomic E-state index is 0.207. The van der Waals surface area contributed by atoms with Crippen LogP contribution in [0.2, 0.25) is 0 Å². The molecule has 0 saturated carbocycles. The molecule has 4 aromatic rings. The Morgan fingerprint density at radius 3 is 2.76 bits per heavy atom. The lowest BCUT2D eigenvalue weighted by atomic mass is 10.2. The van der Waals surface area contributed by atoms with E-state index in [0.717, 1.165) is 15.3 Å². The number of pyridine rings is 1. The van der Waals surface area contributed by atoms with Gasteiger partial charge in [-0.25, -0.2) is 9.97 Å². The van der Waals surface area contributed by atoms with Gasteiger partial charge in [0.05, 0.1) is 10.2 Å². The van der Waals surface area contributed by atoms with Crippen molar-refractivity contribution in [2.45, 2.75) is 19.9 Å². The van der Waals surface area contributed by atoms with Crippen LogP contribution in [0.1, 0.15) is 30.2 Å². The van der Waals surface area contributed by atoms with Crippen LogP contribution >= 0.6 is 11.3 Å². The van der Waals surface area contributed by atoms with Crippen LogP contribution in [0.4, 0.5) is 10.9 Å². The molecule has 0 fully saturated rings. The maximum absolute atomic E-state index is 12.8. The molecule has 1 N–H and O–H groups in total. The lowest BCUT2D eigenvalue weighted by molar-refractivity contribution is 0.102. The van der Waals surface area contributed by atoms with Crippen molar-refractivity contribution in [1.29, 1.82) is 0 Å². The number of fused-ring (bicyclic) bond motifs is 1. The molecule has 8 nitrogen and oxygen atoms in total. The Labute approximate surface area is 172 Å². The highest BCUT2D eigenvalue weighted by atomic mass is 32.1. The SMILES string of the molecule is CC(C)n1cnnc1-c1cccc(NC(=O)c2ccc3nc(N(C)C)sc3c2)n1. The topological polar surface area (TPSA) is 88.8 Å². The van der Waals surface area contributed by atoms with Gasteiger partial charge in [-0.15, -0.1) is 10.2 Å². The van der Waals surface area contributed by atoms with Crippen molar-refractivity contribution in [3.63, 3.8) is 0 Å². The zero-order valence-corrected chi connectivity index (χ0v) is 17.4. The number of carbonyl (C=O) groups excluding carboxylic acids is 1. The number of nitrogens with one attached hydrogen (secondary N) is 1. The first-order valence-corrected chi connectivity index (χ1v) is 10.00. The zero-order chi connectivity index (χ0) is 20.5. The standard InChI is InChI=1S/C20H21N7OS/c1-12(2)27-11-21-25-18(27)15-6-5-7-17(22-15)24-19(28)13-8-9-14-16(10-13)29-20(23-14)26(3)4/h5-12H,1-4H3,(H,22,24,28). The lowest BCUT2D eigenvalue weighted by Crippen LogP contribution is -2.13. The molecule has 1 amide bonds. The molecule has 4 rings (SSSR count). The van der Waals surface area contributed by atoms with Crippen LogP contribution in [0.15, 0.2) is 42.7 Å². The van der Waals surface area contributed by atoms with Crippen LogP contribution < -0.4 is 10.2 Å². The zero-order valence-electron chi connectivity index (χ0n) is 16.6. The normalized spacial score (nSPS) is 11.2. The highest BCUT2D eigenvalue weighted by molar-refractivity contribution is 7.22. The van der Waals surface area contributed by atoms with E-state index in [-0.39, 0.29) is 11.9 Å². The van der Waals surface area contributed by atoms with Gasteiger partial charge in [-0.3, -0.25) is 4.79 Å². The highest BCUT2D eigenvalue weighted by Crippen LogP contribution is 2.28. The van der Waals surface area contributed by atoms with Gasteiger partial charge in [-0.1, -0.05) is 17.4 Å². The first-order chi connectivity index (χ1) is 13.9. The summed E-state index contributed by atoms with van der Waals surface area (Å²) in [5.41, 5.74) is 2.09. The Bertz CT molecular complexity index is 1180. The van der Waals surface area contributed by atoms with Crippen LogP contribution in [0.5, 0.6) is 0 Å². The fourth-order valence-electron chi connectivity index (χ4n) is 2.87. The smallest absolute Gasteiger partial charge is 0.256 e. The van der Waals surface area contributed by atoms with Crippen LogP contribution in [0.3, 0.4) is 0 Å². The summed E-state index contributed by atoms with van der Waals surface area (Å²) in [6, 6.07) is 11.1. The Morgan fingerprint density at radius 2 is 2.00 bits per heavy atom. The summed E-state index contributed by atoms with van der Waals surface area (Å²) >= 11 is 1.55. The van der Waals surface area contributed by atoms with E-state index in [0.29, 0.717) is 22.9 Å². The van der Waals surface area contributed by atoms with Crippen molar-refractivity contribution in [3.8, 4) is 11.5 Å². The lowest BCUT2D eigenvalue weighted by Gasteiger charge is -2.10. The molecule has 3 heterocycles. The molecule has 1 aromatic carbocycles. The predicted octanol–water partition coefficient (Wildman–Crippen LogP) is 3.85. The molecule has 0 aliphatic carbocycles. The van der Waals surface area contributed by atoms with E-state index >= 15 is 0 Å². The van der Waals surface area contributed by atoms with E-state index in [4.69, 9.17) is 0 Å². The van der Waals surface area contributed by atoms with Gasteiger partial charge < -0.3 is 14.8 Å². The van der Waals surface area contributed by atoms with Crippen molar-refractivity contribution in [2.75, 3.05) is 24.3 Å². The summed E-state index contributed by atoms with van der Waals surface area (Å²) < 4.78 is 2.90.